The Morgan fingerprint density at radius 2 is 1.70 bits per heavy atom. The first-order chi connectivity index (χ1) is 19.6. The Morgan fingerprint density at radius 3 is 2.40 bits per heavy atom. The van der Waals surface area contributed by atoms with Crippen LogP contribution in [0.5, 0.6) is 0 Å². The Balaban J connectivity index is 0.000000362. The first-order valence-electron chi connectivity index (χ1n) is 12.2. The van der Waals surface area contributed by atoms with Crippen LogP contribution in [0.3, 0.4) is 0 Å². The molecule has 0 fully saturated rings. The number of aromatic nitrogens is 5. The molecule has 0 saturated carbocycles. The molecule has 0 bridgehead atoms. The second-order valence-corrected chi connectivity index (χ2v) is 9.83. The van der Waals surface area contributed by atoms with Crippen molar-refractivity contribution in [1.29, 1.82) is 0 Å². The summed E-state index contributed by atoms with van der Waals surface area (Å²) in [6.45, 7) is 0.648. The Morgan fingerprint density at radius 1 is 1.00 bits per heavy atom. The molecule has 6 aromatic rings. The second-order valence-electron chi connectivity index (χ2n) is 8.26. The quantitative estimate of drug-likeness (QED) is 0.0901. The van der Waals surface area contributed by atoms with Gasteiger partial charge in [-0.05, 0) is 43.5 Å². The molecule has 0 spiro atoms. The molecule has 40 heavy (non-hydrogen) atoms. The molecular formula is C27H29BrN5O6P. The fourth-order valence-corrected chi connectivity index (χ4v) is 5.20. The summed E-state index contributed by atoms with van der Waals surface area (Å²) < 4.78 is 12.9. The van der Waals surface area contributed by atoms with E-state index in [1.165, 1.54) is 9.79 Å². The molecule has 0 radical (unpaired) electrons. The first-order valence-corrected chi connectivity index (χ1v) is 13.8. The van der Waals surface area contributed by atoms with E-state index < -0.39 is 0 Å². The summed E-state index contributed by atoms with van der Waals surface area (Å²) >= 11 is 3.35. The summed E-state index contributed by atoms with van der Waals surface area (Å²) in [6, 6.07) is 18.7. The molecule has 6 rings (SSSR count). The first kappa shape index (κ1) is 29.8. The van der Waals surface area contributed by atoms with Gasteiger partial charge in [0.2, 0.25) is 5.78 Å². The third-order valence-electron chi connectivity index (χ3n) is 5.98. The highest BCUT2D eigenvalue weighted by atomic mass is 79.9. The molecule has 1 atom stereocenters. The van der Waals surface area contributed by atoms with E-state index >= 15 is 0 Å². The minimum atomic E-state index is -0.259. The largest absolute Gasteiger partial charge is 0.400 e. The lowest BCUT2D eigenvalue weighted by Gasteiger charge is -2.09. The normalized spacial score (nSPS) is 11.3. The van der Waals surface area contributed by atoms with Gasteiger partial charge in [0.05, 0.1) is 25.5 Å². The number of nitrogens with one attached hydrogen (secondary N) is 1. The number of imidazole rings is 2. The minimum absolute atomic E-state index is 0.0617. The van der Waals surface area contributed by atoms with Gasteiger partial charge < -0.3 is 33.9 Å². The number of halogens is 1. The molecule has 0 amide bonds. The van der Waals surface area contributed by atoms with Crippen molar-refractivity contribution < 1.29 is 24.4 Å². The number of H-pyrrole nitrogens is 1. The second kappa shape index (κ2) is 13.9. The van der Waals surface area contributed by atoms with Gasteiger partial charge in [0.25, 0.3) is 5.56 Å². The van der Waals surface area contributed by atoms with Gasteiger partial charge in [-0.1, -0.05) is 48.5 Å². The highest BCUT2D eigenvalue weighted by Gasteiger charge is 2.18. The van der Waals surface area contributed by atoms with Crippen LogP contribution in [0.2, 0.25) is 0 Å². The molecule has 0 aliphatic rings. The summed E-state index contributed by atoms with van der Waals surface area (Å²) in [7, 11) is 2.61. The Labute approximate surface area is 239 Å². The molecule has 11 nitrogen and oxygen atoms in total. The molecule has 1 unspecified atom stereocenters. The lowest BCUT2D eigenvalue weighted by atomic mass is 9.96. The van der Waals surface area contributed by atoms with Gasteiger partial charge >= 0.3 is 0 Å². The number of fused-ring (bicyclic) bond motifs is 5. The van der Waals surface area contributed by atoms with E-state index in [-0.39, 0.29) is 33.3 Å². The molecule has 0 aliphatic heterocycles. The zero-order chi connectivity index (χ0) is 28.6. The van der Waals surface area contributed by atoms with Crippen molar-refractivity contribution in [3.05, 3.63) is 75.9 Å². The molecule has 0 aliphatic carbocycles. The average Bonchev–Trinajstić information content (AvgIpc) is 3.56. The lowest BCUT2D eigenvalue weighted by Crippen LogP contribution is -2.14. The number of nitrogens with zero attached hydrogens (tertiary/aromatic N) is 4. The van der Waals surface area contributed by atoms with E-state index in [9.17, 15) is 9.90 Å². The maximum absolute atomic E-state index is 13.1. The van der Waals surface area contributed by atoms with E-state index in [1.54, 1.807) is 17.9 Å². The van der Waals surface area contributed by atoms with Gasteiger partial charge in [-0.25, -0.2) is 9.38 Å². The van der Waals surface area contributed by atoms with Crippen molar-refractivity contribution in [2.24, 2.45) is 0 Å². The number of aromatic amines is 1. The molecule has 3 heterocycles. The molecule has 3 aromatic heterocycles. The van der Waals surface area contributed by atoms with Crippen molar-refractivity contribution >= 4 is 63.5 Å². The number of hydrogen-bond acceptors (Lipinski definition) is 8. The van der Waals surface area contributed by atoms with Crippen LogP contribution in [0.1, 0.15) is 0 Å². The van der Waals surface area contributed by atoms with Crippen LogP contribution in [-0.4, -0.2) is 73.3 Å². The zero-order valence-electron chi connectivity index (χ0n) is 21.8. The summed E-state index contributed by atoms with van der Waals surface area (Å²) in [5, 5.41) is 29.0. The van der Waals surface area contributed by atoms with E-state index in [0.717, 1.165) is 34.5 Å². The topological polar surface area (TPSA) is 147 Å². The Kier molecular flexibility index (Phi) is 10.3. The summed E-state index contributed by atoms with van der Waals surface area (Å²) in [5.74, 6) is 0.427. The van der Waals surface area contributed by atoms with Crippen LogP contribution in [0.15, 0.2) is 70.3 Å². The van der Waals surface area contributed by atoms with Crippen LogP contribution in [0.4, 0.5) is 0 Å². The van der Waals surface area contributed by atoms with Gasteiger partial charge in [-0.2, -0.15) is 4.98 Å². The van der Waals surface area contributed by atoms with E-state index in [1.807, 2.05) is 24.3 Å². The van der Waals surface area contributed by atoms with Crippen LogP contribution < -0.4 is 5.56 Å². The van der Waals surface area contributed by atoms with E-state index in [0.29, 0.717) is 29.3 Å². The van der Waals surface area contributed by atoms with Crippen molar-refractivity contribution in [1.82, 2.24) is 23.9 Å². The predicted molar refractivity (Wildman–Crippen MR) is 161 cm³/mol. The maximum atomic E-state index is 13.1. The summed E-state index contributed by atoms with van der Waals surface area (Å²) in [4.78, 5) is 25.4. The Hall–Kier alpha value is -3.22. The molecule has 13 heteroatoms. The predicted octanol–water partition coefficient (Wildman–Crippen LogP) is 3.86. The summed E-state index contributed by atoms with van der Waals surface area (Å²) in [6.07, 6.45) is 1.78. The van der Waals surface area contributed by atoms with E-state index in [4.69, 9.17) is 10.2 Å². The molecule has 3 aromatic carbocycles. The number of aliphatic hydroxyl groups excluding tert-OH is 3. The van der Waals surface area contributed by atoms with Crippen LogP contribution >= 0.6 is 25.0 Å². The molecule has 4 N–H and O–H groups in total. The van der Waals surface area contributed by atoms with Gasteiger partial charge in [0.1, 0.15) is 0 Å². The maximum Gasteiger partial charge on any atom is 0.287 e. The number of rotatable bonds is 7. The zero-order valence-corrected chi connectivity index (χ0v) is 24.4. The van der Waals surface area contributed by atoms with Gasteiger partial charge in [-0.15, -0.1) is 0 Å². The molecular weight excluding hydrogens is 601 g/mol. The third kappa shape index (κ3) is 5.93. The van der Waals surface area contributed by atoms with Crippen molar-refractivity contribution in [2.75, 3.05) is 34.0 Å². The highest BCUT2D eigenvalue weighted by Crippen LogP contribution is 2.34. The average molecular weight is 630 g/mol. The fraction of sp³-hybridized carbons (Fsp3) is 0.222. The standard InChI is InChI=1S/C23H16BrN5O2.C3H9O3P.CH4O/c24-22-26-19-20(28(22)9-10-30)27-23-25-18(12-29(23)21(19)31)17-11-13-5-1-2-6-14(13)15-7-3-4-8-16(15)17;1-5-7-6-3-2-4;1-2/h1-8,11-12,30H,9-10H2,(H,25,27);4,7H,2-3H2,1H3;2H,1H3. The number of benzene rings is 3. The fourth-order valence-electron chi connectivity index (χ4n) is 4.39. The van der Waals surface area contributed by atoms with Crippen LogP contribution in [0.25, 0.3) is 49.7 Å². The molecule has 0 saturated heterocycles. The van der Waals surface area contributed by atoms with Crippen molar-refractivity contribution in [3.8, 4) is 11.3 Å². The number of aliphatic hydroxyl groups is 3. The van der Waals surface area contributed by atoms with Gasteiger partial charge in [0.15, 0.2) is 24.9 Å². The monoisotopic (exact) mass is 629 g/mol. The van der Waals surface area contributed by atoms with E-state index in [2.05, 4.69) is 70.3 Å². The smallest absolute Gasteiger partial charge is 0.287 e. The van der Waals surface area contributed by atoms with Crippen LogP contribution in [-0.2, 0) is 15.6 Å². The third-order valence-corrected chi connectivity index (χ3v) is 7.07. The molecule has 210 valence electrons. The van der Waals surface area contributed by atoms with Crippen LogP contribution in [0, 0.1) is 0 Å². The Bertz CT molecular complexity index is 1800. The SMILES string of the molecule is CO.COPOCCO.O=c1c2nc(Br)n(CCO)c2nc2[nH]c(-c3cc4ccccc4c4ccccc34)cn12. The highest BCUT2D eigenvalue weighted by molar-refractivity contribution is 9.10. The lowest BCUT2D eigenvalue weighted by molar-refractivity contribution is 0.202. The van der Waals surface area contributed by atoms with Crippen molar-refractivity contribution in [2.45, 2.75) is 6.54 Å². The minimum Gasteiger partial charge on any atom is -0.400 e. The van der Waals surface area contributed by atoms with Gasteiger partial charge in [-0.3, -0.25) is 4.79 Å². The summed E-state index contributed by atoms with van der Waals surface area (Å²) in [5.41, 5.74) is 2.22. The van der Waals surface area contributed by atoms with Crippen molar-refractivity contribution in [3.63, 3.8) is 0 Å². The van der Waals surface area contributed by atoms with Gasteiger partial charge in [0, 0.05) is 32.5 Å². The number of hydrogen-bond donors (Lipinski definition) is 4.